The lowest BCUT2D eigenvalue weighted by Gasteiger charge is -2.36. The third-order valence-corrected chi connectivity index (χ3v) is 9.65. The summed E-state index contributed by atoms with van der Waals surface area (Å²) in [5.74, 6) is 1.88. The minimum atomic E-state index is -1.08. The van der Waals surface area contributed by atoms with E-state index in [1.165, 1.54) is 12.8 Å². The number of hydrogen-bond acceptors (Lipinski definition) is 1. The van der Waals surface area contributed by atoms with Crippen molar-refractivity contribution >= 4 is 19.0 Å². The summed E-state index contributed by atoms with van der Waals surface area (Å²) in [5.41, 5.74) is 2.91. The molecule has 0 radical (unpaired) electrons. The molecule has 0 amide bonds. The summed E-state index contributed by atoms with van der Waals surface area (Å²) in [5, 5.41) is 11.4. The minimum Gasteiger partial charge on any atom is -0.387 e. The Morgan fingerprint density at radius 3 is 2.30 bits per heavy atom. The van der Waals surface area contributed by atoms with Crippen LogP contribution < -0.4 is 0 Å². The Morgan fingerprint density at radius 2 is 1.85 bits per heavy atom. The van der Waals surface area contributed by atoms with E-state index < -0.39 is 8.07 Å². The maximum absolute atomic E-state index is 10.9. The molecule has 5 atom stereocenters. The van der Waals surface area contributed by atoms with E-state index in [1.54, 1.807) is 0 Å². The van der Waals surface area contributed by atoms with Gasteiger partial charge in [0, 0.05) is 11.3 Å². The molecule has 0 saturated heterocycles. The molecule has 2 fully saturated rings. The molecule has 1 nitrogen and oxygen atoms in total. The van der Waals surface area contributed by atoms with E-state index >= 15 is 0 Å². The lowest BCUT2D eigenvalue weighted by atomic mass is 9.70. The number of aliphatic hydroxyl groups is 1. The lowest BCUT2D eigenvalue weighted by molar-refractivity contribution is 0.0145. The summed E-state index contributed by atoms with van der Waals surface area (Å²) in [6.45, 7) is 14.3. The van der Waals surface area contributed by atoms with Gasteiger partial charge in [0.25, 0.3) is 0 Å². The van der Waals surface area contributed by atoms with Gasteiger partial charge in [0.2, 0.25) is 0 Å². The third kappa shape index (κ3) is 2.54. The van der Waals surface area contributed by atoms with Crippen LogP contribution in [0.3, 0.4) is 0 Å². The highest BCUT2D eigenvalue weighted by molar-refractivity contribution is 7.97. The summed E-state index contributed by atoms with van der Waals surface area (Å²) in [4.78, 5) is 0. The van der Waals surface area contributed by atoms with Gasteiger partial charge in [-0.05, 0) is 35.2 Å². The Kier molecular flexibility index (Phi) is 4.30. The van der Waals surface area contributed by atoms with E-state index in [1.807, 2.05) is 0 Å². The largest absolute Gasteiger partial charge is 0.387 e. The smallest absolute Gasteiger partial charge is 0.147 e. The Balaban J connectivity index is 2.09. The fourth-order valence-electron chi connectivity index (χ4n) is 4.41. The highest BCUT2D eigenvalue weighted by Crippen LogP contribution is 2.66. The Labute approximate surface area is 129 Å². The average Bonchev–Trinajstić information content (AvgIpc) is 2.59. The van der Waals surface area contributed by atoms with Crippen LogP contribution in [0.2, 0.25) is 19.6 Å². The molecule has 2 saturated carbocycles. The maximum atomic E-state index is 10.9. The quantitative estimate of drug-likeness (QED) is 0.617. The second-order valence-electron chi connectivity index (χ2n) is 8.82. The van der Waals surface area contributed by atoms with Crippen molar-refractivity contribution in [1.29, 1.82) is 0 Å². The van der Waals surface area contributed by atoms with E-state index in [2.05, 4.69) is 58.4 Å². The number of rotatable bonds is 4. The second kappa shape index (κ2) is 5.17. The topological polar surface area (TPSA) is 20.2 Å². The van der Waals surface area contributed by atoms with Gasteiger partial charge in [-0.25, -0.2) is 0 Å². The monoisotopic (exact) mass is 313 g/mol. The zero-order chi connectivity index (χ0) is 15.3. The van der Waals surface area contributed by atoms with Gasteiger partial charge in [-0.15, -0.1) is 0 Å². The van der Waals surface area contributed by atoms with Crippen LogP contribution in [0.15, 0.2) is 11.8 Å². The molecule has 5 unspecified atom stereocenters. The van der Waals surface area contributed by atoms with Crippen molar-refractivity contribution in [3.05, 3.63) is 11.8 Å². The molecular weight excluding hydrogens is 280 g/mol. The Hall–Kier alpha value is 0.267. The molecule has 2 aliphatic carbocycles. The van der Waals surface area contributed by atoms with Crippen molar-refractivity contribution in [3.8, 4) is 0 Å². The van der Waals surface area contributed by atoms with Crippen LogP contribution in [0.4, 0.5) is 0 Å². The van der Waals surface area contributed by atoms with Crippen molar-refractivity contribution in [1.82, 2.24) is 0 Å². The molecule has 0 aromatic heterocycles. The molecule has 0 aromatic rings. The van der Waals surface area contributed by atoms with E-state index in [-0.39, 0.29) is 11.5 Å². The van der Waals surface area contributed by atoms with Crippen molar-refractivity contribution in [2.45, 2.75) is 64.6 Å². The fourth-order valence-corrected chi connectivity index (χ4v) is 7.81. The molecule has 0 aromatic carbocycles. The van der Waals surface area contributed by atoms with Gasteiger partial charge in [-0.2, -0.15) is 0 Å². The summed E-state index contributed by atoms with van der Waals surface area (Å²) in [6, 6.07) is 0. The molecule has 0 heterocycles. The average molecular weight is 314 g/mol. The first-order chi connectivity index (χ1) is 9.01. The molecule has 2 bridgehead atoms. The van der Waals surface area contributed by atoms with Crippen LogP contribution in [0, 0.1) is 16.7 Å². The summed E-state index contributed by atoms with van der Waals surface area (Å²) in [6.07, 6.45) is 7.22. The van der Waals surface area contributed by atoms with Gasteiger partial charge in [-0.1, -0.05) is 46.1 Å². The molecule has 20 heavy (non-hydrogen) atoms. The van der Waals surface area contributed by atoms with Crippen molar-refractivity contribution < 1.29 is 5.11 Å². The van der Waals surface area contributed by atoms with Gasteiger partial charge >= 0.3 is 0 Å². The fraction of sp³-hybridized carbons (Fsp3) is 0.882. The highest BCUT2D eigenvalue weighted by Gasteiger charge is 2.69. The normalized spacial score (nSPS) is 41.5. The molecule has 2 aliphatic rings. The first kappa shape index (κ1) is 16.6. The van der Waals surface area contributed by atoms with E-state index in [4.69, 9.17) is 0 Å². The molecule has 2 rings (SSSR count). The lowest BCUT2D eigenvalue weighted by Crippen LogP contribution is -2.43. The summed E-state index contributed by atoms with van der Waals surface area (Å²) < 4.78 is 0. The minimum absolute atomic E-state index is 0.0927. The predicted octanol–water partition coefficient (Wildman–Crippen LogP) is 3.85. The second-order valence-corrected chi connectivity index (χ2v) is 16.1. The standard InChI is InChI=1S/C17H33OSSi/c1-16(2)13-9-10-17(16,3)15(18)14(13)19(4)11-8-12-20(5,6)7/h8,12-15,18H,9-11H2,1-7H3/q+1. The zero-order valence-corrected chi connectivity index (χ0v) is 16.2. The molecule has 116 valence electrons. The van der Waals surface area contributed by atoms with Gasteiger partial charge in [0.15, 0.2) is 0 Å². The zero-order valence-electron chi connectivity index (χ0n) is 14.4. The first-order valence-electron chi connectivity index (χ1n) is 7.98. The highest BCUT2D eigenvalue weighted by atomic mass is 32.2. The van der Waals surface area contributed by atoms with Crippen LogP contribution in [0.1, 0.15) is 33.6 Å². The molecular formula is C17H33OSSi+. The van der Waals surface area contributed by atoms with Gasteiger partial charge in [0.1, 0.15) is 17.1 Å². The molecule has 0 aliphatic heterocycles. The van der Waals surface area contributed by atoms with Crippen LogP contribution in [0.25, 0.3) is 0 Å². The van der Waals surface area contributed by atoms with Crippen molar-refractivity contribution in [2.24, 2.45) is 16.7 Å². The third-order valence-electron chi connectivity index (χ3n) is 6.18. The number of fused-ring (bicyclic) bond motifs is 2. The predicted molar refractivity (Wildman–Crippen MR) is 95.0 cm³/mol. The van der Waals surface area contributed by atoms with Gasteiger partial charge in [-0.3, -0.25) is 0 Å². The van der Waals surface area contributed by atoms with Crippen LogP contribution >= 0.6 is 0 Å². The van der Waals surface area contributed by atoms with E-state index in [9.17, 15) is 5.11 Å². The Bertz CT molecular complexity index is 398. The van der Waals surface area contributed by atoms with Gasteiger partial charge < -0.3 is 5.11 Å². The van der Waals surface area contributed by atoms with Crippen LogP contribution in [-0.2, 0) is 10.9 Å². The number of aliphatic hydroxyl groups excluding tert-OH is 1. The number of hydrogen-bond donors (Lipinski definition) is 1. The molecule has 0 spiro atoms. The summed E-state index contributed by atoms with van der Waals surface area (Å²) >= 11 is 0. The van der Waals surface area contributed by atoms with Gasteiger partial charge in [0.05, 0.1) is 14.3 Å². The molecule has 3 heteroatoms. The SMILES string of the molecule is C[S+](CC=C[Si](C)(C)C)C1C2CCC(C)(C1O)C2(C)C. The van der Waals surface area contributed by atoms with E-state index in [0.29, 0.717) is 21.6 Å². The van der Waals surface area contributed by atoms with E-state index in [0.717, 1.165) is 11.7 Å². The molecule has 1 N–H and O–H groups in total. The maximum Gasteiger partial charge on any atom is 0.147 e. The van der Waals surface area contributed by atoms with Crippen molar-refractivity contribution in [2.75, 3.05) is 12.0 Å². The Morgan fingerprint density at radius 1 is 1.25 bits per heavy atom. The van der Waals surface area contributed by atoms with Crippen molar-refractivity contribution in [3.63, 3.8) is 0 Å². The summed E-state index contributed by atoms with van der Waals surface area (Å²) in [7, 11) is -0.776. The van der Waals surface area contributed by atoms with Crippen LogP contribution in [0.5, 0.6) is 0 Å². The first-order valence-corrected chi connectivity index (χ1v) is 13.4. The van der Waals surface area contributed by atoms with Crippen LogP contribution in [-0.4, -0.2) is 36.5 Å².